The molecule has 5 nitrogen and oxygen atoms in total. The molecule has 1 aliphatic rings. The smallest absolute Gasteiger partial charge is 0.233 e. The number of imidazole rings is 1. The zero-order chi connectivity index (χ0) is 11.9. The van der Waals surface area contributed by atoms with Gasteiger partial charge in [-0.05, 0) is 31.7 Å². The number of aromatic nitrogens is 2. The van der Waals surface area contributed by atoms with Crippen molar-refractivity contribution in [1.29, 1.82) is 0 Å². The molecular weight excluding hydrogens is 216 g/mol. The third-order valence-corrected chi connectivity index (χ3v) is 2.89. The Hall–Kier alpha value is -1.36. The summed E-state index contributed by atoms with van der Waals surface area (Å²) >= 11 is 0. The molecule has 0 saturated heterocycles. The van der Waals surface area contributed by atoms with Gasteiger partial charge >= 0.3 is 0 Å². The van der Waals surface area contributed by atoms with Gasteiger partial charge in [-0.3, -0.25) is 4.79 Å². The van der Waals surface area contributed by atoms with Crippen molar-refractivity contribution in [2.75, 3.05) is 19.6 Å². The number of carbonyl (C=O) groups excluding carboxylic acids is 1. The summed E-state index contributed by atoms with van der Waals surface area (Å²) in [4.78, 5) is 15.4. The fourth-order valence-electron chi connectivity index (χ4n) is 1.68. The van der Waals surface area contributed by atoms with Gasteiger partial charge in [0.1, 0.15) is 0 Å². The van der Waals surface area contributed by atoms with Crippen molar-refractivity contribution < 1.29 is 4.79 Å². The average molecular weight is 236 g/mol. The Balaban J connectivity index is 1.45. The van der Waals surface area contributed by atoms with Crippen LogP contribution in [0.2, 0.25) is 0 Å². The second-order valence-electron chi connectivity index (χ2n) is 4.58. The molecular formula is C12H20N4O. The third kappa shape index (κ3) is 4.99. The first-order valence-corrected chi connectivity index (χ1v) is 6.28. The van der Waals surface area contributed by atoms with Crippen molar-refractivity contribution in [3.05, 3.63) is 18.7 Å². The second-order valence-corrected chi connectivity index (χ2v) is 4.58. The minimum Gasteiger partial charge on any atom is -0.355 e. The topological polar surface area (TPSA) is 59.0 Å². The van der Waals surface area contributed by atoms with Crippen molar-refractivity contribution in [3.63, 3.8) is 0 Å². The molecule has 1 heterocycles. The molecule has 0 aliphatic heterocycles. The highest BCUT2D eigenvalue weighted by Crippen LogP contribution is 2.27. The van der Waals surface area contributed by atoms with Crippen LogP contribution >= 0.6 is 0 Å². The summed E-state index contributed by atoms with van der Waals surface area (Å²) in [7, 11) is 0. The van der Waals surface area contributed by atoms with E-state index in [1.807, 2.05) is 10.8 Å². The first kappa shape index (κ1) is 12.1. The van der Waals surface area contributed by atoms with Crippen LogP contribution < -0.4 is 10.6 Å². The van der Waals surface area contributed by atoms with E-state index < -0.39 is 0 Å². The minimum absolute atomic E-state index is 0.0938. The van der Waals surface area contributed by atoms with Crippen LogP contribution in [0.25, 0.3) is 0 Å². The predicted molar refractivity (Wildman–Crippen MR) is 65.4 cm³/mol. The standard InChI is InChI=1S/C12H20N4O/c17-12(9-14-8-11-2-3-11)15-4-1-6-16-7-5-13-10-16/h5,7,10-11,14H,1-4,6,8-9H2,(H,15,17). The number of carbonyl (C=O) groups is 1. The van der Waals surface area contributed by atoms with Crippen LogP contribution in [0.5, 0.6) is 0 Å². The SMILES string of the molecule is O=C(CNCC1CC1)NCCCn1ccnc1. The Morgan fingerprint density at radius 2 is 2.35 bits per heavy atom. The molecule has 2 rings (SSSR count). The first-order valence-electron chi connectivity index (χ1n) is 6.28. The van der Waals surface area contributed by atoms with E-state index >= 15 is 0 Å². The third-order valence-electron chi connectivity index (χ3n) is 2.89. The van der Waals surface area contributed by atoms with Crippen molar-refractivity contribution in [2.24, 2.45) is 5.92 Å². The first-order chi connectivity index (χ1) is 8.34. The van der Waals surface area contributed by atoms with E-state index in [9.17, 15) is 4.79 Å². The molecule has 1 aliphatic carbocycles. The summed E-state index contributed by atoms with van der Waals surface area (Å²) in [6, 6.07) is 0. The molecule has 94 valence electrons. The van der Waals surface area contributed by atoms with Crippen LogP contribution in [-0.4, -0.2) is 35.1 Å². The fraction of sp³-hybridized carbons (Fsp3) is 0.667. The monoisotopic (exact) mass is 236 g/mol. The van der Waals surface area contributed by atoms with Crippen LogP contribution in [-0.2, 0) is 11.3 Å². The zero-order valence-electron chi connectivity index (χ0n) is 10.1. The van der Waals surface area contributed by atoms with Gasteiger partial charge in [-0.2, -0.15) is 0 Å². The van der Waals surface area contributed by atoms with Gasteiger partial charge in [0, 0.05) is 25.5 Å². The summed E-state index contributed by atoms with van der Waals surface area (Å²) in [5.74, 6) is 0.917. The zero-order valence-corrected chi connectivity index (χ0v) is 10.1. The Labute approximate surface area is 102 Å². The van der Waals surface area contributed by atoms with E-state index in [0.29, 0.717) is 6.54 Å². The highest BCUT2D eigenvalue weighted by Gasteiger charge is 2.20. The van der Waals surface area contributed by atoms with Crippen molar-refractivity contribution >= 4 is 5.91 Å². The lowest BCUT2D eigenvalue weighted by atomic mass is 10.4. The quantitative estimate of drug-likeness (QED) is 0.642. The molecule has 1 amide bonds. The molecule has 0 bridgehead atoms. The number of hydrogen-bond acceptors (Lipinski definition) is 3. The van der Waals surface area contributed by atoms with Crippen LogP contribution in [0.1, 0.15) is 19.3 Å². The molecule has 0 spiro atoms. The van der Waals surface area contributed by atoms with Gasteiger partial charge in [-0.25, -0.2) is 4.98 Å². The lowest BCUT2D eigenvalue weighted by Crippen LogP contribution is -2.35. The van der Waals surface area contributed by atoms with Gasteiger partial charge in [-0.1, -0.05) is 0 Å². The molecule has 2 N–H and O–H groups in total. The molecule has 1 fully saturated rings. The van der Waals surface area contributed by atoms with E-state index in [1.54, 1.807) is 12.5 Å². The largest absolute Gasteiger partial charge is 0.355 e. The minimum atomic E-state index is 0.0938. The van der Waals surface area contributed by atoms with Crippen molar-refractivity contribution in [3.8, 4) is 0 Å². The number of nitrogens with zero attached hydrogens (tertiary/aromatic N) is 2. The van der Waals surface area contributed by atoms with Crippen LogP contribution in [0.15, 0.2) is 18.7 Å². The molecule has 0 aromatic carbocycles. The Kier molecular flexibility index (Phi) is 4.55. The maximum atomic E-state index is 11.4. The maximum Gasteiger partial charge on any atom is 0.233 e. The Bertz CT molecular complexity index is 332. The highest BCUT2D eigenvalue weighted by molar-refractivity contribution is 5.77. The number of aryl methyl sites for hydroxylation is 1. The van der Waals surface area contributed by atoms with Gasteiger partial charge in [0.25, 0.3) is 0 Å². The molecule has 5 heteroatoms. The van der Waals surface area contributed by atoms with E-state index in [4.69, 9.17) is 0 Å². The van der Waals surface area contributed by atoms with Gasteiger partial charge in [0.05, 0.1) is 12.9 Å². The summed E-state index contributed by atoms with van der Waals surface area (Å²) in [6.45, 7) is 3.06. The van der Waals surface area contributed by atoms with Gasteiger partial charge in [0.15, 0.2) is 0 Å². The second kappa shape index (κ2) is 6.39. The molecule has 1 aromatic rings. The molecule has 17 heavy (non-hydrogen) atoms. The lowest BCUT2D eigenvalue weighted by molar-refractivity contribution is -0.120. The normalized spacial score (nSPS) is 14.8. The summed E-state index contributed by atoms with van der Waals surface area (Å²) < 4.78 is 2.01. The Morgan fingerprint density at radius 3 is 3.06 bits per heavy atom. The highest BCUT2D eigenvalue weighted by atomic mass is 16.1. The summed E-state index contributed by atoms with van der Waals surface area (Å²) in [5, 5.41) is 6.08. The summed E-state index contributed by atoms with van der Waals surface area (Å²) in [5.41, 5.74) is 0. The van der Waals surface area contributed by atoms with Gasteiger partial charge in [0.2, 0.25) is 5.91 Å². The van der Waals surface area contributed by atoms with Crippen LogP contribution in [0, 0.1) is 5.92 Å². The lowest BCUT2D eigenvalue weighted by Gasteiger charge is -2.06. The summed E-state index contributed by atoms with van der Waals surface area (Å²) in [6.07, 6.45) is 9.06. The van der Waals surface area contributed by atoms with Crippen molar-refractivity contribution in [2.45, 2.75) is 25.8 Å². The predicted octanol–water partition coefficient (Wildman–Crippen LogP) is 0.389. The van der Waals surface area contributed by atoms with Crippen LogP contribution in [0.4, 0.5) is 0 Å². The van der Waals surface area contributed by atoms with E-state index in [0.717, 1.165) is 32.0 Å². The number of nitrogens with one attached hydrogen (secondary N) is 2. The maximum absolute atomic E-state index is 11.4. The fourth-order valence-corrected chi connectivity index (χ4v) is 1.68. The average Bonchev–Trinajstić information content (AvgIpc) is 3.00. The molecule has 0 atom stereocenters. The molecule has 0 unspecified atom stereocenters. The number of hydrogen-bond donors (Lipinski definition) is 2. The van der Waals surface area contributed by atoms with Crippen molar-refractivity contribution in [1.82, 2.24) is 20.2 Å². The molecule has 1 saturated carbocycles. The van der Waals surface area contributed by atoms with E-state index in [2.05, 4.69) is 15.6 Å². The van der Waals surface area contributed by atoms with Gasteiger partial charge < -0.3 is 15.2 Å². The van der Waals surface area contributed by atoms with E-state index in [1.165, 1.54) is 12.8 Å². The van der Waals surface area contributed by atoms with Gasteiger partial charge in [-0.15, -0.1) is 0 Å². The number of rotatable bonds is 8. The molecule has 0 radical (unpaired) electrons. The van der Waals surface area contributed by atoms with E-state index in [-0.39, 0.29) is 5.91 Å². The molecule has 1 aromatic heterocycles. The number of amides is 1. The van der Waals surface area contributed by atoms with Crippen LogP contribution in [0.3, 0.4) is 0 Å². The Morgan fingerprint density at radius 1 is 1.47 bits per heavy atom.